The Bertz CT molecular complexity index is 1020. The molecule has 7 nitrogen and oxygen atoms in total. The van der Waals surface area contributed by atoms with Crippen LogP contribution in [-0.2, 0) is 0 Å². The summed E-state index contributed by atoms with van der Waals surface area (Å²) in [4.78, 5) is 15.4. The maximum atomic E-state index is 13.0. The number of hydrogen-bond acceptors (Lipinski definition) is 6. The standard InChI is InChI=1S/C18H17BrF2N6OS/c19-15-3-4-16(24-23-15)22-11-2-1-9-6-26(7-10(9)11)17(28)13-5-12-14(29-13)8-27(25-12)18(20)21/h3-5,8-11,18H,1-2,6-7H2,(H,22,24)/t9-,10+,11+/m0/s1. The number of anilines is 1. The molecule has 4 heterocycles. The molecule has 0 spiro atoms. The fourth-order valence-corrected chi connectivity index (χ4v) is 5.59. The number of carbonyl (C=O) groups is 1. The van der Waals surface area contributed by atoms with E-state index in [1.165, 1.54) is 17.5 Å². The average molecular weight is 483 g/mol. The third kappa shape index (κ3) is 3.50. The molecule has 0 unspecified atom stereocenters. The zero-order chi connectivity index (χ0) is 20.1. The first-order valence-corrected chi connectivity index (χ1v) is 10.9. The van der Waals surface area contributed by atoms with Crippen LogP contribution in [0.25, 0.3) is 10.2 Å². The molecule has 1 N–H and O–H groups in total. The molecule has 1 saturated heterocycles. The Morgan fingerprint density at radius 2 is 2.14 bits per heavy atom. The van der Waals surface area contributed by atoms with Gasteiger partial charge in [-0.1, -0.05) is 0 Å². The summed E-state index contributed by atoms with van der Waals surface area (Å²) in [5.74, 6) is 1.51. The molecule has 152 valence electrons. The molecule has 2 aliphatic rings. The molecule has 0 bridgehead atoms. The molecule has 3 aromatic rings. The van der Waals surface area contributed by atoms with Crippen LogP contribution in [0.5, 0.6) is 0 Å². The van der Waals surface area contributed by atoms with Gasteiger partial charge in [-0.2, -0.15) is 13.9 Å². The van der Waals surface area contributed by atoms with E-state index < -0.39 is 6.55 Å². The van der Waals surface area contributed by atoms with E-state index in [0.29, 0.717) is 42.8 Å². The lowest BCUT2D eigenvalue weighted by molar-refractivity contribution is 0.0574. The average Bonchev–Trinajstić information content (AvgIpc) is 3.43. The van der Waals surface area contributed by atoms with Gasteiger partial charge in [-0.3, -0.25) is 4.79 Å². The van der Waals surface area contributed by atoms with Gasteiger partial charge < -0.3 is 10.2 Å². The van der Waals surface area contributed by atoms with Gasteiger partial charge in [0.1, 0.15) is 15.9 Å². The van der Waals surface area contributed by atoms with Gasteiger partial charge in [0.2, 0.25) is 0 Å². The monoisotopic (exact) mass is 482 g/mol. The number of fused-ring (bicyclic) bond motifs is 2. The summed E-state index contributed by atoms with van der Waals surface area (Å²) in [6.07, 6.45) is 3.39. The number of nitrogens with zero attached hydrogens (tertiary/aromatic N) is 5. The number of nitrogens with one attached hydrogen (secondary N) is 1. The van der Waals surface area contributed by atoms with Crippen molar-refractivity contribution in [2.75, 3.05) is 18.4 Å². The van der Waals surface area contributed by atoms with Gasteiger partial charge in [0.05, 0.1) is 9.58 Å². The molecule has 1 aliphatic heterocycles. The highest BCUT2D eigenvalue weighted by Gasteiger charge is 2.44. The summed E-state index contributed by atoms with van der Waals surface area (Å²) in [6.45, 7) is -1.27. The first-order valence-electron chi connectivity index (χ1n) is 9.30. The zero-order valence-electron chi connectivity index (χ0n) is 15.1. The smallest absolute Gasteiger partial charge is 0.333 e. The summed E-state index contributed by atoms with van der Waals surface area (Å²) in [5, 5.41) is 15.5. The minimum atomic E-state index is -2.67. The molecular weight excluding hydrogens is 466 g/mol. The van der Waals surface area contributed by atoms with Crippen molar-refractivity contribution < 1.29 is 13.6 Å². The van der Waals surface area contributed by atoms with Crippen LogP contribution in [0.2, 0.25) is 0 Å². The van der Waals surface area contributed by atoms with Gasteiger partial charge in [0.25, 0.3) is 5.91 Å². The lowest BCUT2D eigenvalue weighted by Crippen LogP contribution is -2.33. The fraction of sp³-hybridized carbons (Fsp3) is 0.444. The maximum Gasteiger partial charge on any atom is 0.333 e. The van der Waals surface area contributed by atoms with Crippen molar-refractivity contribution in [1.82, 2.24) is 24.9 Å². The topological polar surface area (TPSA) is 75.9 Å². The third-order valence-electron chi connectivity index (χ3n) is 5.73. The summed E-state index contributed by atoms with van der Waals surface area (Å²) in [6, 6.07) is 5.60. The number of thiophene rings is 1. The van der Waals surface area contributed by atoms with E-state index in [1.807, 2.05) is 17.0 Å². The minimum Gasteiger partial charge on any atom is -0.365 e. The molecule has 29 heavy (non-hydrogen) atoms. The Hall–Kier alpha value is -2.14. The molecule has 5 rings (SSSR count). The van der Waals surface area contributed by atoms with Gasteiger partial charge >= 0.3 is 6.55 Å². The SMILES string of the molecule is O=C(c1cc2nn(C(F)F)cc2s1)N1C[C@@H]2CC[C@@H](Nc3ccc(Br)nn3)[C@@H]2C1. The molecule has 1 aliphatic carbocycles. The second-order valence-electron chi connectivity index (χ2n) is 7.45. The molecule has 1 saturated carbocycles. The first-order chi connectivity index (χ1) is 14.0. The highest BCUT2D eigenvalue weighted by Crippen LogP contribution is 2.40. The Balaban J connectivity index is 1.28. The number of amides is 1. The van der Waals surface area contributed by atoms with Crippen molar-refractivity contribution in [1.29, 1.82) is 0 Å². The van der Waals surface area contributed by atoms with Gasteiger partial charge in [-0.25, -0.2) is 4.68 Å². The third-order valence-corrected chi connectivity index (χ3v) is 7.20. The van der Waals surface area contributed by atoms with E-state index in [0.717, 1.165) is 25.2 Å². The summed E-state index contributed by atoms with van der Waals surface area (Å²) >= 11 is 4.50. The molecule has 2 fully saturated rings. The highest BCUT2D eigenvalue weighted by molar-refractivity contribution is 9.10. The highest BCUT2D eigenvalue weighted by atomic mass is 79.9. The van der Waals surface area contributed by atoms with Gasteiger partial charge in [0.15, 0.2) is 0 Å². The van der Waals surface area contributed by atoms with Crippen molar-refractivity contribution in [3.05, 3.63) is 33.9 Å². The number of alkyl halides is 2. The van der Waals surface area contributed by atoms with Crippen LogP contribution in [0.4, 0.5) is 14.6 Å². The molecule has 3 atom stereocenters. The van der Waals surface area contributed by atoms with Crippen molar-refractivity contribution >= 4 is 49.2 Å². The van der Waals surface area contributed by atoms with Crippen molar-refractivity contribution in [3.63, 3.8) is 0 Å². The Labute approximate surface area is 177 Å². The number of hydrogen-bond donors (Lipinski definition) is 1. The number of likely N-dealkylation sites (tertiary alicyclic amines) is 1. The van der Waals surface area contributed by atoms with E-state index >= 15 is 0 Å². The van der Waals surface area contributed by atoms with Crippen LogP contribution < -0.4 is 5.32 Å². The van der Waals surface area contributed by atoms with Gasteiger partial charge in [-0.15, -0.1) is 21.5 Å². The van der Waals surface area contributed by atoms with E-state index in [2.05, 4.69) is 36.5 Å². The summed E-state index contributed by atoms with van der Waals surface area (Å²) < 4.78 is 27.4. The normalized spacial score (nSPS) is 23.9. The Morgan fingerprint density at radius 1 is 1.28 bits per heavy atom. The molecule has 0 radical (unpaired) electrons. The van der Waals surface area contributed by atoms with Gasteiger partial charge in [-0.05, 0) is 52.9 Å². The van der Waals surface area contributed by atoms with Gasteiger partial charge in [0, 0.05) is 31.2 Å². The second kappa shape index (κ2) is 7.28. The quantitative estimate of drug-likeness (QED) is 0.607. The largest absolute Gasteiger partial charge is 0.365 e. The van der Waals surface area contributed by atoms with E-state index in [4.69, 9.17) is 0 Å². The molecular formula is C18H17BrF2N6OS. The second-order valence-corrected chi connectivity index (χ2v) is 9.35. The van der Waals surface area contributed by atoms with Crippen LogP contribution in [0.3, 0.4) is 0 Å². The van der Waals surface area contributed by atoms with E-state index in [9.17, 15) is 13.6 Å². The van der Waals surface area contributed by atoms with Crippen LogP contribution >= 0.6 is 27.3 Å². The predicted octanol–water partition coefficient (Wildman–Crippen LogP) is 4.01. The molecule has 1 amide bonds. The number of carbonyl (C=O) groups excluding carboxylic acids is 1. The fourth-order valence-electron chi connectivity index (χ4n) is 4.39. The number of rotatable bonds is 4. The summed E-state index contributed by atoms with van der Waals surface area (Å²) in [7, 11) is 0. The minimum absolute atomic E-state index is 0.0480. The van der Waals surface area contributed by atoms with Crippen molar-refractivity contribution in [2.45, 2.75) is 25.4 Å². The van der Waals surface area contributed by atoms with E-state index in [1.54, 1.807) is 6.07 Å². The molecule has 0 aromatic carbocycles. The number of aromatic nitrogens is 4. The summed E-state index contributed by atoms with van der Waals surface area (Å²) in [5.41, 5.74) is 0.436. The Morgan fingerprint density at radius 3 is 2.86 bits per heavy atom. The molecule has 3 aromatic heterocycles. The lowest BCUT2D eigenvalue weighted by Gasteiger charge is -2.21. The first kappa shape index (κ1) is 18.9. The molecule has 11 heteroatoms. The number of halogens is 3. The Kier molecular flexibility index (Phi) is 4.73. The van der Waals surface area contributed by atoms with Crippen LogP contribution in [0.15, 0.2) is 29.0 Å². The van der Waals surface area contributed by atoms with Crippen LogP contribution in [0.1, 0.15) is 29.1 Å². The lowest BCUT2D eigenvalue weighted by atomic mass is 9.98. The van der Waals surface area contributed by atoms with Crippen LogP contribution in [0, 0.1) is 11.8 Å². The van der Waals surface area contributed by atoms with Crippen LogP contribution in [-0.4, -0.2) is 49.9 Å². The van der Waals surface area contributed by atoms with Crippen molar-refractivity contribution in [3.8, 4) is 0 Å². The predicted molar refractivity (Wildman–Crippen MR) is 108 cm³/mol. The van der Waals surface area contributed by atoms with E-state index in [-0.39, 0.29) is 11.9 Å². The van der Waals surface area contributed by atoms with Crippen molar-refractivity contribution in [2.24, 2.45) is 11.8 Å². The zero-order valence-corrected chi connectivity index (χ0v) is 17.5. The maximum absolute atomic E-state index is 13.0.